The van der Waals surface area contributed by atoms with Gasteiger partial charge in [-0.2, -0.15) is 0 Å². The molecule has 0 aliphatic carbocycles. The van der Waals surface area contributed by atoms with Gasteiger partial charge >= 0.3 is 6.09 Å². The first-order valence-electron chi connectivity index (χ1n) is 5.11. The smallest absolute Gasteiger partial charge is 0.407 e. The molecule has 4 heteroatoms. The number of carbonyl (C=O) groups is 1. The van der Waals surface area contributed by atoms with Crippen LogP contribution in [0.2, 0.25) is 0 Å². The minimum Gasteiger partial charge on any atom is -0.444 e. The van der Waals surface area contributed by atoms with Crippen molar-refractivity contribution in [1.82, 2.24) is 5.32 Å². The molecule has 0 bridgehead atoms. The molecule has 0 unspecified atom stereocenters. The summed E-state index contributed by atoms with van der Waals surface area (Å²) in [7, 11) is 0. The summed E-state index contributed by atoms with van der Waals surface area (Å²) in [5.74, 6) is 0. The van der Waals surface area contributed by atoms with E-state index in [0.717, 1.165) is 12.0 Å². The molecule has 1 rings (SSSR count). The summed E-state index contributed by atoms with van der Waals surface area (Å²) in [5.41, 5.74) is 0.540. The van der Waals surface area contributed by atoms with Crippen LogP contribution in [0.15, 0.2) is 12.2 Å². The van der Waals surface area contributed by atoms with E-state index < -0.39 is 11.7 Å². The van der Waals surface area contributed by atoms with Crippen molar-refractivity contribution in [2.75, 3.05) is 13.2 Å². The van der Waals surface area contributed by atoms with Crippen LogP contribution < -0.4 is 5.32 Å². The van der Waals surface area contributed by atoms with Gasteiger partial charge in [-0.25, -0.2) is 4.79 Å². The van der Waals surface area contributed by atoms with Crippen LogP contribution in [0.4, 0.5) is 4.79 Å². The van der Waals surface area contributed by atoms with Crippen molar-refractivity contribution in [2.45, 2.75) is 38.8 Å². The highest BCUT2D eigenvalue weighted by Gasteiger charge is 2.22. The molecule has 0 radical (unpaired) electrons. The van der Waals surface area contributed by atoms with Gasteiger partial charge in [0.15, 0.2) is 0 Å². The zero-order valence-corrected chi connectivity index (χ0v) is 9.63. The summed E-state index contributed by atoms with van der Waals surface area (Å²) in [4.78, 5) is 11.4. The van der Waals surface area contributed by atoms with E-state index in [4.69, 9.17) is 9.47 Å². The molecule has 1 amide bonds. The van der Waals surface area contributed by atoms with E-state index in [1.165, 1.54) is 0 Å². The van der Waals surface area contributed by atoms with Crippen molar-refractivity contribution in [3.05, 3.63) is 12.2 Å². The van der Waals surface area contributed by atoms with Crippen LogP contribution in [-0.2, 0) is 9.47 Å². The van der Waals surface area contributed by atoms with Crippen LogP contribution in [0, 0.1) is 0 Å². The maximum Gasteiger partial charge on any atom is 0.407 e. The van der Waals surface area contributed by atoms with Gasteiger partial charge in [-0.1, -0.05) is 6.58 Å². The van der Waals surface area contributed by atoms with Gasteiger partial charge in [0.05, 0.1) is 19.3 Å². The molecular weight excluding hydrogens is 194 g/mol. The van der Waals surface area contributed by atoms with Gasteiger partial charge < -0.3 is 14.8 Å². The molecule has 1 N–H and O–H groups in total. The number of hydrogen-bond donors (Lipinski definition) is 1. The first-order valence-corrected chi connectivity index (χ1v) is 5.11. The Bertz CT molecular complexity index is 255. The lowest BCUT2D eigenvalue weighted by molar-refractivity contribution is 0.0418. The Kier molecular flexibility index (Phi) is 3.74. The van der Waals surface area contributed by atoms with Gasteiger partial charge in [-0.3, -0.25) is 0 Å². The van der Waals surface area contributed by atoms with Gasteiger partial charge in [0.2, 0.25) is 0 Å². The van der Waals surface area contributed by atoms with Crippen LogP contribution in [0.25, 0.3) is 0 Å². The molecule has 1 aliphatic heterocycles. The lowest BCUT2D eigenvalue weighted by Crippen LogP contribution is -2.43. The molecule has 86 valence electrons. The fraction of sp³-hybridized carbons (Fsp3) is 0.727. The summed E-state index contributed by atoms with van der Waals surface area (Å²) in [5, 5.41) is 2.76. The molecule has 0 spiro atoms. The molecule has 1 saturated heterocycles. The lowest BCUT2D eigenvalue weighted by Gasteiger charge is -2.26. The van der Waals surface area contributed by atoms with Crippen molar-refractivity contribution < 1.29 is 14.3 Å². The van der Waals surface area contributed by atoms with Crippen molar-refractivity contribution >= 4 is 6.09 Å². The minimum absolute atomic E-state index is 0.0129. The number of nitrogens with one attached hydrogen (secondary N) is 1. The number of hydrogen-bond acceptors (Lipinski definition) is 3. The largest absolute Gasteiger partial charge is 0.444 e. The van der Waals surface area contributed by atoms with Crippen LogP contribution in [-0.4, -0.2) is 30.9 Å². The highest BCUT2D eigenvalue weighted by molar-refractivity contribution is 5.68. The SMILES string of the molecule is C=C1COC[C@@H](NC(=O)OC(C)(C)C)C1. The fourth-order valence-electron chi connectivity index (χ4n) is 1.38. The topological polar surface area (TPSA) is 47.6 Å². The van der Waals surface area contributed by atoms with E-state index in [0.29, 0.717) is 13.2 Å². The van der Waals surface area contributed by atoms with Gasteiger partial charge in [0, 0.05) is 0 Å². The zero-order chi connectivity index (χ0) is 11.5. The Hall–Kier alpha value is -1.03. The Morgan fingerprint density at radius 1 is 1.60 bits per heavy atom. The number of carbonyl (C=O) groups excluding carboxylic acids is 1. The quantitative estimate of drug-likeness (QED) is 0.676. The molecule has 0 aromatic carbocycles. The summed E-state index contributed by atoms with van der Waals surface area (Å²) in [6.45, 7) is 10.5. The fourth-order valence-corrected chi connectivity index (χ4v) is 1.38. The van der Waals surface area contributed by atoms with E-state index in [-0.39, 0.29) is 6.04 Å². The van der Waals surface area contributed by atoms with E-state index >= 15 is 0 Å². The van der Waals surface area contributed by atoms with Crippen LogP contribution >= 0.6 is 0 Å². The van der Waals surface area contributed by atoms with E-state index in [2.05, 4.69) is 11.9 Å². The van der Waals surface area contributed by atoms with Crippen molar-refractivity contribution in [1.29, 1.82) is 0 Å². The monoisotopic (exact) mass is 213 g/mol. The predicted molar refractivity (Wildman–Crippen MR) is 57.7 cm³/mol. The number of rotatable bonds is 1. The van der Waals surface area contributed by atoms with Gasteiger partial charge in [-0.15, -0.1) is 0 Å². The summed E-state index contributed by atoms with van der Waals surface area (Å²) in [6.07, 6.45) is 0.366. The third-order valence-electron chi connectivity index (χ3n) is 1.88. The van der Waals surface area contributed by atoms with Crippen molar-refractivity contribution in [2.24, 2.45) is 0 Å². The average Bonchev–Trinajstić information content (AvgIpc) is 1.99. The third kappa shape index (κ3) is 4.83. The summed E-state index contributed by atoms with van der Waals surface area (Å²) >= 11 is 0. The number of amides is 1. The first-order chi connectivity index (χ1) is 6.87. The lowest BCUT2D eigenvalue weighted by atomic mass is 10.1. The van der Waals surface area contributed by atoms with E-state index in [1.54, 1.807) is 0 Å². The van der Waals surface area contributed by atoms with Crippen LogP contribution in [0.1, 0.15) is 27.2 Å². The number of ether oxygens (including phenoxy) is 2. The molecule has 0 aromatic heterocycles. The third-order valence-corrected chi connectivity index (χ3v) is 1.88. The van der Waals surface area contributed by atoms with Gasteiger partial charge in [0.1, 0.15) is 5.60 Å². The minimum atomic E-state index is -0.462. The second kappa shape index (κ2) is 4.66. The van der Waals surface area contributed by atoms with Crippen LogP contribution in [0.3, 0.4) is 0 Å². The van der Waals surface area contributed by atoms with E-state index in [1.807, 2.05) is 20.8 Å². The molecule has 4 nitrogen and oxygen atoms in total. The average molecular weight is 213 g/mol. The Morgan fingerprint density at radius 3 is 2.80 bits per heavy atom. The molecule has 1 fully saturated rings. The molecule has 1 heterocycles. The maximum absolute atomic E-state index is 11.4. The van der Waals surface area contributed by atoms with Crippen LogP contribution in [0.5, 0.6) is 0 Å². The number of alkyl carbamates (subject to hydrolysis) is 1. The summed E-state index contributed by atoms with van der Waals surface area (Å²) < 4.78 is 10.4. The first kappa shape index (κ1) is 12.0. The van der Waals surface area contributed by atoms with Gasteiger partial charge in [-0.05, 0) is 32.8 Å². The molecule has 1 atom stereocenters. The molecular formula is C11H19NO3. The molecule has 0 aromatic rings. The van der Waals surface area contributed by atoms with Gasteiger partial charge in [0.25, 0.3) is 0 Å². The van der Waals surface area contributed by atoms with Crippen molar-refractivity contribution in [3.63, 3.8) is 0 Å². The predicted octanol–water partition coefficient (Wildman–Crippen LogP) is 1.86. The summed E-state index contributed by atoms with van der Waals surface area (Å²) in [6, 6.07) is -0.0129. The molecule has 1 aliphatic rings. The zero-order valence-electron chi connectivity index (χ0n) is 9.63. The Morgan fingerprint density at radius 2 is 2.27 bits per heavy atom. The van der Waals surface area contributed by atoms with E-state index in [9.17, 15) is 4.79 Å². The normalized spacial score (nSPS) is 22.3. The second-order valence-electron chi connectivity index (χ2n) is 4.81. The van der Waals surface area contributed by atoms with Crippen molar-refractivity contribution in [3.8, 4) is 0 Å². The molecule has 0 saturated carbocycles. The maximum atomic E-state index is 11.4. The highest BCUT2D eigenvalue weighted by atomic mass is 16.6. The Balaban J connectivity index is 2.34. The molecule has 15 heavy (non-hydrogen) atoms. The standard InChI is InChI=1S/C11H19NO3/c1-8-5-9(7-14-6-8)12-10(13)15-11(2,3)4/h9H,1,5-7H2,2-4H3,(H,12,13)/t9-/m0/s1. The second-order valence-corrected chi connectivity index (χ2v) is 4.81. The highest BCUT2D eigenvalue weighted by Crippen LogP contribution is 2.12. The Labute approximate surface area is 90.6 Å².